The molecule has 0 radical (unpaired) electrons. The van der Waals surface area contributed by atoms with Gasteiger partial charge in [-0.1, -0.05) is 43.3 Å². The highest BCUT2D eigenvalue weighted by Gasteiger charge is 2.16. The lowest BCUT2D eigenvalue weighted by Crippen LogP contribution is -2.25. The highest BCUT2D eigenvalue weighted by Crippen LogP contribution is 2.27. The summed E-state index contributed by atoms with van der Waals surface area (Å²) in [7, 11) is 1.57. The topological polar surface area (TPSA) is 99.8 Å². The Bertz CT molecular complexity index is 1220. The van der Waals surface area contributed by atoms with Crippen LogP contribution in [-0.4, -0.2) is 40.6 Å². The Morgan fingerprint density at radius 1 is 1.13 bits per heavy atom. The Balaban J connectivity index is 1.40. The summed E-state index contributed by atoms with van der Waals surface area (Å²) in [5, 5.41) is 15.7. The molecule has 3 N–H and O–H groups in total. The Morgan fingerprint density at radius 2 is 1.94 bits per heavy atom. The first-order valence-corrected chi connectivity index (χ1v) is 10.9. The molecule has 4 rings (SSSR count). The van der Waals surface area contributed by atoms with E-state index in [0.29, 0.717) is 23.9 Å². The number of hydrogen-bond donors (Lipinski definition) is 3. The molecule has 31 heavy (non-hydrogen) atoms. The summed E-state index contributed by atoms with van der Waals surface area (Å²) in [6, 6.07) is 15.9. The van der Waals surface area contributed by atoms with E-state index in [-0.39, 0.29) is 11.8 Å². The van der Waals surface area contributed by atoms with Gasteiger partial charge in [0.1, 0.15) is 10.7 Å². The van der Waals surface area contributed by atoms with Gasteiger partial charge in [-0.15, -0.1) is 11.3 Å². The minimum absolute atomic E-state index is 0.174. The average molecular weight is 434 g/mol. The summed E-state index contributed by atoms with van der Waals surface area (Å²) in [6.07, 6.45) is 0.858. The van der Waals surface area contributed by atoms with Crippen LogP contribution in [0.5, 0.6) is 0 Å². The lowest BCUT2D eigenvalue weighted by atomic mass is 9.98. The molecule has 2 heterocycles. The third kappa shape index (κ3) is 4.49. The van der Waals surface area contributed by atoms with E-state index in [1.165, 1.54) is 16.9 Å². The molecule has 7 nitrogen and oxygen atoms in total. The van der Waals surface area contributed by atoms with Gasteiger partial charge >= 0.3 is 0 Å². The predicted molar refractivity (Wildman–Crippen MR) is 122 cm³/mol. The molecule has 0 bridgehead atoms. The molecular formula is C23H23N5O2S. The molecule has 0 saturated carbocycles. The van der Waals surface area contributed by atoms with Gasteiger partial charge in [-0.05, 0) is 30.0 Å². The van der Waals surface area contributed by atoms with Crippen LogP contribution in [0.3, 0.4) is 0 Å². The summed E-state index contributed by atoms with van der Waals surface area (Å²) in [6.45, 7) is 2.74. The van der Waals surface area contributed by atoms with Crippen molar-refractivity contribution in [2.45, 2.75) is 19.3 Å². The van der Waals surface area contributed by atoms with Crippen molar-refractivity contribution in [3.8, 4) is 10.6 Å². The minimum Gasteiger partial charge on any atom is -0.354 e. The molecule has 2 amide bonds. The fourth-order valence-electron chi connectivity index (χ4n) is 3.40. The summed E-state index contributed by atoms with van der Waals surface area (Å²) < 4.78 is 0. The molecule has 0 saturated heterocycles. The van der Waals surface area contributed by atoms with E-state index in [2.05, 4.69) is 44.9 Å². The number of aromatic nitrogens is 3. The number of carbonyl (C=O) groups excluding carboxylic acids is 2. The van der Waals surface area contributed by atoms with E-state index < -0.39 is 0 Å². The van der Waals surface area contributed by atoms with Gasteiger partial charge in [0.2, 0.25) is 0 Å². The molecule has 2 aromatic heterocycles. The lowest BCUT2D eigenvalue weighted by molar-refractivity contribution is 0.0944. The van der Waals surface area contributed by atoms with Crippen LogP contribution in [0.2, 0.25) is 0 Å². The van der Waals surface area contributed by atoms with E-state index in [0.717, 1.165) is 27.9 Å². The molecular weight excluding hydrogens is 410 g/mol. The number of benzene rings is 2. The van der Waals surface area contributed by atoms with Gasteiger partial charge in [0.15, 0.2) is 5.69 Å². The molecule has 158 valence electrons. The molecule has 2 aromatic carbocycles. The van der Waals surface area contributed by atoms with Crippen molar-refractivity contribution in [3.05, 3.63) is 70.9 Å². The van der Waals surface area contributed by atoms with Crippen molar-refractivity contribution < 1.29 is 9.59 Å². The van der Waals surface area contributed by atoms with Crippen LogP contribution in [0.15, 0.2) is 53.9 Å². The summed E-state index contributed by atoms with van der Waals surface area (Å²) in [4.78, 5) is 28.9. The molecule has 8 heteroatoms. The fourth-order valence-corrected chi connectivity index (χ4v) is 4.19. The van der Waals surface area contributed by atoms with Crippen LogP contribution in [0.4, 0.5) is 0 Å². The second kappa shape index (κ2) is 9.09. The smallest absolute Gasteiger partial charge is 0.272 e. The molecule has 1 unspecified atom stereocenters. The van der Waals surface area contributed by atoms with Crippen molar-refractivity contribution in [2.75, 3.05) is 13.6 Å². The van der Waals surface area contributed by atoms with Gasteiger partial charge in [0, 0.05) is 29.9 Å². The summed E-state index contributed by atoms with van der Waals surface area (Å²) in [5.41, 5.74) is 3.63. The van der Waals surface area contributed by atoms with E-state index in [4.69, 9.17) is 0 Å². The maximum absolute atomic E-state index is 12.5. The zero-order chi connectivity index (χ0) is 21.8. The number of carbonyl (C=O) groups is 2. The number of hydrogen-bond acceptors (Lipinski definition) is 5. The monoisotopic (exact) mass is 433 g/mol. The molecule has 0 aliphatic carbocycles. The number of H-pyrrole nitrogens is 1. The van der Waals surface area contributed by atoms with E-state index in [1.807, 2.05) is 36.4 Å². The van der Waals surface area contributed by atoms with Crippen molar-refractivity contribution in [2.24, 2.45) is 0 Å². The number of amides is 2. The Labute approximate surface area is 183 Å². The van der Waals surface area contributed by atoms with E-state index in [9.17, 15) is 9.59 Å². The van der Waals surface area contributed by atoms with Gasteiger partial charge in [-0.25, -0.2) is 4.98 Å². The van der Waals surface area contributed by atoms with Crippen molar-refractivity contribution in [3.63, 3.8) is 0 Å². The fraction of sp³-hybridized carbons (Fsp3) is 0.217. The normalized spacial score (nSPS) is 11.9. The van der Waals surface area contributed by atoms with Crippen LogP contribution in [0, 0.1) is 0 Å². The van der Waals surface area contributed by atoms with E-state index >= 15 is 0 Å². The van der Waals surface area contributed by atoms with Gasteiger partial charge in [-0.2, -0.15) is 5.10 Å². The average Bonchev–Trinajstić information content (AvgIpc) is 3.46. The Morgan fingerprint density at radius 3 is 2.71 bits per heavy atom. The second-order valence-corrected chi connectivity index (χ2v) is 8.16. The first-order chi connectivity index (χ1) is 15.1. The van der Waals surface area contributed by atoms with Crippen LogP contribution in [-0.2, 0) is 0 Å². The standard InChI is InChI=1S/C23H23N5O2S/c1-14(15-6-4-3-5-7-15)10-11-25-21(29)19-13-31-23(26-19)16-8-9-17-18(12-16)27-28-20(17)22(30)24-2/h3-9,12-14H,10-11H2,1-2H3,(H,24,30)(H,25,29)(H,27,28). The maximum atomic E-state index is 12.5. The predicted octanol–water partition coefficient (Wildman–Crippen LogP) is 3.97. The first-order valence-electron chi connectivity index (χ1n) is 10.1. The number of aromatic amines is 1. The van der Waals surface area contributed by atoms with Crippen LogP contribution in [0.25, 0.3) is 21.5 Å². The number of fused-ring (bicyclic) bond motifs is 1. The first kappa shape index (κ1) is 20.7. The van der Waals surface area contributed by atoms with Gasteiger partial charge in [-0.3, -0.25) is 14.7 Å². The summed E-state index contributed by atoms with van der Waals surface area (Å²) in [5.74, 6) is -0.0469. The number of nitrogens with one attached hydrogen (secondary N) is 3. The van der Waals surface area contributed by atoms with Crippen molar-refractivity contribution >= 4 is 34.1 Å². The molecule has 4 aromatic rings. The van der Waals surface area contributed by atoms with Gasteiger partial charge in [0.25, 0.3) is 11.8 Å². The molecule has 0 spiro atoms. The highest BCUT2D eigenvalue weighted by molar-refractivity contribution is 7.13. The number of nitrogens with zero attached hydrogens (tertiary/aromatic N) is 2. The summed E-state index contributed by atoms with van der Waals surface area (Å²) >= 11 is 1.41. The van der Waals surface area contributed by atoms with E-state index in [1.54, 1.807) is 12.4 Å². The second-order valence-electron chi connectivity index (χ2n) is 7.31. The maximum Gasteiger partial charge on any atom is 0.272 e. The molecule has 0 aliphatic heterocycles. The van der Waals surface area contributed by atoms with Crippen LogP contribution < -0.4 is 10.6 Å². The minimum atomic E-state index is -0.242. The zero-order valence-electron chi connectivity index (χ0n) is 17.3. The quantitative estimate of drug-likeness (QED) is 0.411. The van der Waals surface area contributed by atoms with Crippen molar-refractivity contribution in [1.29, 1.82) is 0 Å². The largest absolute Gasteiger partial charge is 0.354 e. The van der Waals surface area contributed by atoms with Crippen LogP contribution in [0.1, 0.15) is 45.8 Å². The lowest BCUT2D eigenvalue weighted by Gasteiger charge is -2.11. The third-order valence-electron chi connectivity index (χ3n) is 5.22. The molecule has 0 fully saturated rings. The van der Waals surface area contributed by atoms with Gasteiger partial charge < -0.3 is 10.6 Å². The van der Waals surface area contributed by atoms with Crippen LogP contribution >= 0.6 is 11.3 Å². The number of thiazole rings is 1. The SMILES string of the molecule is CNC(=O)c1n[nH]c2cc(-c3nc(C(=O)NCCC(C)c4ccccc4)cs3)ccc12. The third-order valence-corrected chi connectivity index (χ3v) is 6.11. The van der Waals surface area contributed by atoms with Gasteiger partial charge in [0.05, 0.1) is 5.52 Å². The van der Waals surface area contributed by atoms with Crippen molar-refractivity contribution in [1.82, 2.24) is 25.8 Å². The number of rotatable bonds is 7. The zero-order valence-corrected chi connectivity index (χ0v) is 18.1. The highest BCUT2D eigenvalue weighted by atomic mass is 32.1. The molecule has 1 atom stereocenters. The molecule has 0 aliphatic rings. The Hall–Kier alpha value is -3.52. The Kier molecular flexibility index (Phi) is 6.08.